The fraction of sp³-hybridized carbons (Fsp3) is 0.545. The van der Waals surface area contributed by atoms with Crippen molar-refractivity contribution in [3.63, 3.8) is 0 Å². The zero-order valence-corrected chi connectivity index (χ0v) is 12.0. The summed E-state index contributed by atoms with van der Waals surface area (Å²) in [6, 6.07) is 1.89. The van der Waals surface area contributed by atoms with Gasteiger partial charge in [-0.2, -0.15) is 22.3 Å². The molecule has 0 aliphatic carbocycles. The van der Waals surface area contributed by atoms with E-state index >= 15 is 0 Å². The van der Waals surface area contributed by atoms with Crippen LogP contribution in [-0.4, -0.2) is 60.3 Å². The first-order valence-electron chi connectivity index (χ1n) is 6.00. The van der Waals surface area contributed by atoms with E-state index in [1.54, 1.807) is 0 Å². The Morgan fingerprint density at radius 1 is 1.45 bits per heavy atom. The molecule has 1 aliphatic rings. The zero-order valence-electron chi connectivity index (χ0n) is 11.2. The van der Waals surface area contributed by atoms with Crippen LogP contribution in [0.15, 0.2) is 12.4 Å². The predicted molar refractivity (Wildman–Crippen MR) is 70.0 cm³/mol. The minimum Gasteiger partial charge on any atom is -0.471 e. The highest BCUT2D eigenvalue weighted by molar-refractivity contribution is 7.86. The van der Waals surface area contributed by atoms with Crippen LogP contribution in [0.5, 0.6) is 5.88 Å². The Kier molecular flexibility index (Phi) is 4.17. The van der Waals surface area contributed by atoms with Gasteiger partial charge in [-0.05, 0) is 6.42 Å². The molecule has 2 rings (SSSR count). The van der Waals surface area contributed by atoms with Gasteiger partial charge in [0.1, 0.15) is 12.2 Å². The maximum atomic E-state index is 12.0. The summed E-state index contributed by atoms with van der Waals surface area (Å²) in [5.74, 6) is 0.143. The van der Waals surface area contributed by atoms with E-state index < -0.39 is 10.2 Å². The number of ether oxygens (including phenoxy) is 1. The highest BCUT2D eigenvalue weighted by atomic mass is 32.2. The van der Waals surface area contributed by atoms with Gasteiger partial charge >= 0.3 is 0 Å². The largest absolute Gasteiger partial charge is 0.471 e. The van der Waals surface area contributed by atoms with Crippen LogP contribution in [-0.2, 0) is 10.2 Å². The Balaban J connectivity index is 2.06. The molecule has 0 bridgehead atoms. The summed E-state index contributed by atoms with van der Waals surface area (Å²) in [6.07, 6.45) is 3.06. The molecular formula is C11H15N5O3S. The fourth-order valence-electron chi connectivity index (χ4n) is 1.88. The molecule has 0 radical (unpaired) electrons. The second-order valence-corrected chi connectivity index (χ2v) is 6.64. The van der Waals surface area contributed by atoms with Crippen LogP contribution >= 0.6 is 0 Å². The summed E-state index contributed by atoms with van der Waals surface area (Å²) in [5.41, 5.74) is 0.0985. The Labute approximate surface area is 117 Å². The molecule has 0 N–H and O–H groups in total. The van der Waals surface area contributed by atoms with Crippen molar-refractivity contribution in [3.8, 4) is 11.9 Å². The summed E-state index contributed by atoms with van der Waals surface area (Å²) in [7, 11) is -0.460. The van der Waals surface area contributed by atoms with E-state index in [1.165, 1.54) is 35.1 Å². The molecule has 1 atom stereocenters. The van der Waals surface area contributed by atoms with Gasteiger partial charge in [0.25, 0.3) is 16.1 Å². The Bertz CT molecular complexity index is 625. The smallest absolute Gasteiger partial charge is 0.281 e. The van der Waals surface area contributed by atoms with Gasteiger partial charge < -0.3 is 4.74 Å². The van der Waals surface area contributed by atoms with Gasteiger partial charge in [0.2, 0.25) is 5.69 Å². The topological polar surface area (TPSA) is 99.4 Å². The van der Waals surface area contributed by atoms with Crippen molar-refractivity contribution in [1.29, 1.82) is 5.26 Å². The van der Waals surface area contributed by atoms with E-state index in [0.717, 1.165) is 0 Å². The van der Waals surface area contributed by atoms with E-state index in [0.29, 0.717) is 13.0 Å². The second-order valence-electron chi connectivity index (χ2n) is 4.50. The molecule has 2 heterocycles. The van der Waals surface area contributed by atoms with Crippen LogP contribution in [0.4, 0.5) is 0 Å². The quantitative estimate of drug-likeness (QED) is 0.750. The Hall–Kier alpha value is -1.76. The van der Waals surface area contributed by atoms with E-state index in [9.17, 15) is 8.42 Å². The molecule has 0 saturated carbocycles. The van der Waals surface area contributed by atoms with Crippen molar-refractivity contribution in [2.45, 2.75) is 12.5 Å². The summed E-state index contributed by atoms with van der Waals surface area (Å²) in [5, 5.41) is 8.90. The van der Waals surface area contributed by atoms with Crippen LogP contribution in [0.3, 0.4) is 0 Å². The average Bonchev–Trinajstić information content (AvgIpc) is 2.88. The van der Waals surface area contributed by atoms with E-state index in [1.807, 2.05) is 6.07 Å². The number of hydrogen-bond acceptors (Lipinski definition) is 6. The van der Waals surface area contributed by atoms with Crippen molar-refractivity contribution < 1.29 is 13.2 Å². The summed E-state index contributed by atoms with van der Waals surface area (Å²) in [6.45, 7) is 0.620. The maximum absolute atomic E-state index is 12.0. The molecule has 9 heteroatoms. The van der Waals surface area contributed by atoms with Gasteiger partial charge in [0, 0.05) is 33.0 Å². The summed E-state index contributed by atoms with van der Waals surface area (Å²) in [4.78, 5) is 7.80. The summed E-state index contributed by atoms with van der Waals surface area (Å²) < 4.78 is 32.0. The highest BCUT2D eigenvalue weighted by Gasteiger charge is 2.34. The third-order valence-electron chi connectivity index (χ3n) is 2.94. The third-order valence-corrected chi connectivity index (χ3v) is 4.85. The van der Waals surface area contributed by atoms with E-state index in [-0.39, 0.29) is 24.2 Å². The predicted octanol–water partition coefficient (Wildman–Crippen LogP) is -0.392. The standard InChI is InChI=1S/C11H15N5O3S/c1-15(2)20(17,18)16-6-3-9(8-16)19-11-10(7-12)13-4-5-14-11/h4-5,9H,3,6,8H2,1-2H3. The average molecular weight is 297 g/mol. The molecule has 0 spiro atoms. The molecule has 1 aromatic heterocycles. The van der Waals surface area contributed by atoms with Gasteiger partial charge in [0.05, 0.1) is 6.54 Å². The molecule has 8 nitrogen and oxygen atoms in total. The Morgan fingerprint density at radius 3 is 2.80 bits per heavy atom. The van der Waals surface area contributed by atoms with Gasteiger partial charge in [-0.1, -0.05) is 0 Å². The number of nitriles is 1. The van der Waals surface area contributed by atoms with Crippen molar-refractivity contribution in [2.75, 3.05) is 27.2 Å². The van der Waals surface area contributed by atoms with E-state index in [4.69, 9.17) is 10.00 Å². The SMILES string of the molecule is CN(C)S(=O)(=O)N1CCC(Oc2nccnc2C#N)C1. The molecule has 1 unspecified atom stereocenters. The number of rotatable bonds is 4. The molecule has 1 saturated heterocycles. The lowest BCUT2D eigenvalue weighted by Crippen LogP contribution is -2.39. The fourth-order valence-corrected chi connectivity index (χ4v) is 3.03. The van der Waals surface area contributed by atoms with Gasteiger partial charge in [-0.3, -0.25) is 0 Å². The first kappa shape index (κ1) is 14.6. The molecule has 20 heavy (non-hydrogen) atoms. The van der Waals surface area contributed by atoms with Gasteiger partial charge in [-0.25, -0.2) is 9.97 Å². The first-order valence-corrected chi connectivity index (χ1v) is 7.40. The summed E-state index contributed by atoms with van der Waals surface area (Å²) >= 11 is 0. The van der Waals surface area contributed by atoms with Crippen molar-refractivity contribution >= 4 is 10.2 Å². The molecule has 1 aromatic rings. The van der Waals surface area contributed by atoms with Crippen LogP contribution in [0.2, 0.25) is 0 Å². The van der Waals surface area contributed by atoms with Crippen molar-refractivity contribution in [2.24, 2.45) is 0 Å². The van der Waals surface area contributed by atoms with Crippen LogP contribution in [0.1, 0.15) is 12.1 Å². The monoisotopic (exact) mass is 297 g/mol. The van der Waals surface area contributed by atoms with Crippen molar-refractivity contribution in [3.05, 3.63) is 18.1 Å². The van der Waals surface area contributed by atoms with Crippen LogP contribution in [0.25, 0.3) is 0 Å². The first-order chi connectivity index (χ1) is 9.45. The maximum Gasteiger partial charge on any atom is 0.281 e. The Morgan fingerprint density at radius 2 is 2.15 bits per heavy atom. The normalized spacial score (nSPS) is 20.0. The second kappa shape index (κ2) is 5.70. The molecule has 0 aromatic carbocycles. The number of nitrogens with zero attached hydrogens (tertiary/aromatic N) is 5. The minimum absolute atomic E-state index is 0.0985. The van der Waals surface area contributed by atoms with E-state index in [2.05, 4.69) is 9.97 Å². The minimum atomic E-state index is -3.43. The molecular weight excluding hydrogens is 282 g/mol. The van der Waals surface area contributed by atoms with Crippen LogP contribution in [0, 0.1) is 11.3 Å². The number of hydrogen-bond donors (Lipinski definition) is 0. The third kappa shape index (κ3) is 2.87. The van der Waals surface area contributed by atoms with Gasteiger partial charge in [0.15, 0.2) is 0 Å². The zero-order chi connectivity index (χ0) is 14.8. The molecule has 1 fully saturated rings. The van der Waals surface area contributed by atoms with Gasteiger partial charge in [-0.15, -0.1) is 0 Å². The highest BCUT2D eigenvalue weighted by Crippen LogP contribution is 2.21. The number of aromatic nitrogens is 2. The lowest BCUT2D eigenvalue weighted by Gasteiger charge is -2.20. The lowest BCUT2D eigenvalue weighted by molar-refractivity contribution is 0.204. The lowest BCUT2D eigenvalue weighted by atomic mass is 10.3. The molecule has 0 amide bonds. The van der Waals surface area contributed by atoms with Crippen LogP contribution < -0.4 is 4.74 Å². The van der Waals surface area contributed by atoms with Crippen molar-refractivity contribution in [1.82, 2.24) is 18.6 Å². The molecule has 108 valence electrons. The molecule has 1 aliphatic heterocycles.